The van der Waals surface area contributed by atoms with E-state index in [4.69, 9.17) is 14.2 Å². The van der Waals surface area contributed by atoms with Crippen LogP contribution in [-0.4, -0.2) is 21.3 Å². The Kier molecular flexibility index (Phi) is 10.4. The number of methoxy groups -OCH3 is 3. The van der Waals surface area contributed by atoms with Crippen LogP contribution in [0.5, 0.6) is 17.2 Å². The molecular formula is C19H28O3. The lowest BCUT2D eigenvalue weighted by Crippen LogP contribution is -1.88. The van der Waals surface area contributed by atoms with Crippen molar-refractivity contribution in [2.75, 3.05) is 21.3 Å². The van der Waals surface area contributed by atoms with Crippen molar-refractivity contribution in [3.05, 3.63) is 53.6 Å². The number of aryl methyl sites for hydroxylation is 2. The summed E-state index contributed by atoms with van der Waals surface area (Å²) in [6.45, 7) is 8.05. The van der Waals surface area contributed by atoms with Gasteiger partial charge in [-0.2, -0.15) is 0 Å². The van der Waals surface area contributed by atoms with Gasteiger partial charge in [-0.25, -0.2) is 0 Å². The Labute approximate surface area is 134 Å². The SMILES string of the molecule is CC.COc1ccc(C)c(OC)c1.COc1ccc(C)cc1. The van der Waals surface area contributed by atoms with Gasteiger partial charge in [0.15, 0.2) is 0 Å². The van der Waals surface area contributed by atoms with E-state index in [9.17, 15) is 0 Å². The quantitative estimate of drug-likeness (QED) is 0.795. The zero-order valence-corrected chi connectivity index (χ0v) is 14.8. The second kappa shape index (κ2) is 11.5. The molecular weight excluding hydrogens is 276 g/mol. The summed E-state index contributed by atoms with van der Waals surface area (Å²) in [6, 6.07) is 13.7. The number of rotatable bonds is 3. The highest BCUT2D eigenvalue weighted by Gasteiger charge is 1.98. The predicted octanol–water partition coefficient (Wildman–Crippen LogP) is 5.04. The Bertz CT molecular complexity index is 519. The summed E-state index contributed by atoms with van der Waals surface area (Å²) < 4.78 is 15.1. The van der Waals surface area contributed by atoms with E-state index in [1.807, 2.05) is 63.2 Å². The first-order valence-corrected chi connectivity index (χ1v) is 7.40. The molecule has 0 N–H and O–H groups in total. The van der Waals surface area contributed by atoms with Gasteiger partial charge in [0.25, 0.3) is 0 Å². The van der Waals surface area contributed by atoms with Crippen LogP contribution in [0.15, 0.2) is 42.5 Å². The van der Waals surface area contributed by atoms with Crippen LogP contribution in [-0.2, 0) is 0 Å². The predicted molar refractivity (Wildman–Crippen MR) is 93.4 cm³/mol. The summed E-state index contributed by atoms with van der Waals surface area (Å²) >= 11 is 0. The maximum atomic E-state index is 5.11. The lowest BCUT2D eigenvalue weighted by atomic mass is 10.2. The van der Waals surface area contributed by atoms with Crippen molar-refractivity contribution in [2.45, 2.75) is 27.7 Å². The van der Waals surface area contributed by atoms with E-state index in [1.54, 1.807) is 21.3 Å². The van der Waals surface area contributed by atoms with E-state index in [0.29, 0.717) is 0 Å². The minimum atomic E-state index is 0.826. The van der Waals surface area contributed by atoms with Gasteiger partial charge >= 0.3 is 0 Å². The summed E-state index contributed by atoms with van der Waals surface area (Å²) in [7, 11) is 4.97. The molecule has 0 aliphatic carbocycles. The largest absolute Gasteiger partial charge is 0.497 e. The summed E-state index contributed by atoms with van der Waals surface area (Å²) in [5.74, 6) is 2.61. The molecule has 0 radical (unpaired) electrons. The molecule has 0 bridgehead atoms. The van der Waals surface area contributed by atoms with Crippen molar-refractivity contribution in [3.63, 3.8) is 0 Å². The van der Waals surface area contributed by atoms with Gasteiger partial charge in [-0.15, -0.1) is 0 Å². The highest BCUT2D eigenvalue weighted by Crippen LogP contribution is 2.23. The fourth-order valence-electron chi connectivity index (χ4n) is 1.60. The molecule has 0 amide bonds. The summed E-state index contributed by atoms with van der Waals surface area (Å²) in [6.07, 6.45) is 0. The van der Waals surface area contributed by atoms with Crippen LogP contribution in [0.3, 0.4) is 0 Å². The minimum Gasteiger partial charge on any atom is -0.497 e. The smallest absolute Gasteiger partial charge is 0.125 e. The van der Waals surface area contributed by atoms with Gasteiger partial charge < -0.3 is 14.2 Å². The Hall–Kier alpha value is -2.16. The molecule has 22 heavy (non-hydrogen) atoms. The van der Waals surface area contributed by atoms with E-state index in [2.05, 4.69) is 6.92 Å². The summed E-state index contributed by atoms with van der Waals surface area (Å²) in [5, 5.41) is 0. The molecule has 2 aromatic rings. The molecule has 0 fully saturated rings. The second-order valence-electron chi connectivity index (χ2n) is 4.35. The van der Waals surface area contributed by atoms with E-state index >= 15 is 0 Å². The van der Waals surface area contributed by atoms with E-state index in [0.717, 1.165) is 22.8 Å². The molecule has 0 aromatic heterocycles. The molecule has 2 rings (SSSR count). The molecule has 122 valence electrons. The average molecular weight is 304 g/mol. The third-order valence-electron chi connectivity index (χ3n) is 2.87. The molecule has 0 spiro atoms. The number of hydrogen-bond acceptors (Lipinski definition) is 3. The summed E-state index contributed by atoms with van der Waals surface area (Å²) in [4.78, 5) is 0. The van der Waals surface area contributed by atoms with E-state index in [-0.39, 0.29) is 0 Å². The Balaban J connectivity index is 0.000000366. The van der Waals surface area contributed by atoms with Gasteiger partial charge in [0.05, 0.1) is 21.3 Å². The first-order chi connectivity index (χ1) is 10.6. The molecule has 3 nitrogen and oxygen atoms in total. The highest BCUT2D eigenvalue weighted by molar-refractivity contribution is 5.39. The lowest BCUT2D eigenvalue weighted by molar-refractivity contribution is 0.392. The highest BCUT2D eigenvalue weighted by atomic mass is 16.5. The van der Waals surface area contributed by atoms with Crippen molar-refractivity contribution in [1.29, 1.82) is 0 Å². The van der Waals surface area contributed by atoms with Gasteiger partial charge in [-0.05, 0) is 37.6 Å². The molecule has 0 aliphatic heterocycles. The van der Waals surface area contributed by atoms with Crippen LogP contribution in [0.25, 0.3) is 0 Å². The topological polar surface area (TPSA) is 27.7 Å². The van der Waals surface area contributed by atoms with Crippen molar-refractivity contribution >= 4 is 0 Å². The molecule has 0 aliphatic rings. The molecule has 2 aromatic carbocycles. The lowest BCUT2D eigenvalue weighted by Gasteiger charge is -2.05. The summed E-state index contributed by atoms with van der Waals surface area (Å²) in [5.41, 5.74) is 2.38. The first-order valence-electron chi connectivity index (χ1n) is 7.40. The monoisotopic (exact) mass is 304 g/mol. The van der Waals surface area contributed by atoms with Gasteiger partial charge in [0.2, 0.25) is 0 Å². The Morgan fingerprint density at radius 3 is 1.59 bits per heavy atom. The van der Waals surface area contributed by atoms with E-state index < -0.39 is 0 Å². The van der Waals surface area contributed by atoms with Crippen LogP contribution in [0.2, 0.25) is 0 Å². The Morgan fingerprint density at radius 2 is 1.14 bits per heavy atom. The average Bonchev–Trinajstić information content (AvgIpc) is 2.58. The van der Waals surface area contributed by atoms with Crippen LogP contribution >= 0.6 is 0 Å². The van der Waals surface area contributed by atoms with Crippen LogP contribution in [0, 0.1) is 13.8 Å². The van der Waals surface area contributed by atoms with Crippen molar-refractivity contribution in [1.82, 2.24) is 0 Å². The maximum Gasteiger partial charge on any atom is 0.125 e. The van der Waals surface area contributed by atoms with Gasteiger partial charge in [-0.3, -0.25) is 0 Å². The zero-order chi connectivity index (χ0) is 17.0. The van der Waals surface area contributed by atoms with Gasteiger partial charge in [0.1, 0.15) is 17.2 Å². The van der Waals surface area contributed by atoms with Gasteiger partial charge in [-0.1, -0.05) is 37.6 Å². The van der Waals surface area contributed by atoms with Crippen molar-refractivity contribution < 1.29 is 14.2 Å². The standard InChI is InChI=1S/C9H12O2.C8H10O.C2H6/c1-7-4-5-8(10-2)6-9(7)11-3;1-7-3-5-8(9-2)6-4-7;1-2/h4-6H,1-3H3;3-6H,1-2H3;1-2H3. The molecule has 0 saturated carbocycles. The number of benzene rings is 2. The van der Waals surface area contributed by atoms with Gasteiger partial charge in [0, 0.05) is 6.07 Å². The van der Waals surface area contributed by atoms with E-state index in [1.165, 1.54) is 5.56 Å². The van der Waals surface area contributed by atoms with Crippen LogP contribution in [0.4, 0.5) is 0 Å². The third kappa shape index (κ3) is 7.02. The first kappa shape index (κ1) is 19.8. The Morgan fingerprint density at radius 1 is 0.636 bits per heavy atom. The molecule has 3 heteroatoms. The second-order valence-corrected chi connectivity index (χ2v) is 4.35. The maximum absolute atomic E-state index is 5.11. The fraction of sp³-hybridized carbons (Fsp3) is 0.368. The van der Waals surface area contributed by atoms with Crippen molar-refractivity contribution in [2.24, 2.45) is 0 Å². The van der Waals surface area contributed by atoms with Crippen molar-refractivity contribution in [3.8, 4) is 17.2 Å². The number of hydrogen-bond donors (Lipinski definition) is 0. The molecule has 0 heterocycles. The number of ether oxygens (including phenoxy) is 3. The zero-order valence-electron chi connectivity index (χ0n) is 14.8. The normalized spacial score (nSPS) is 8.68. The van der Waals surface area contributed by atoms with Crippen LogP contribution in [0.1, 0.15) is 25.0 Å². The molecule has 0 saturated heterocycles. The minimum absolute atomic E-state index is 0.826. The fourth-order valence-corrected chi connectivity index (χ4v) is 1.60. The molecule has 0 atom stereocenters. The third-order valence-corrected chi connectivity index (χ3v) is 2.87. The molecule has 0 unspecified atom stereocenters. The van der Waals surface area contributed by atoms with Crippen LogP contribution < -0.4 is 14.2 Å².